The Hall–Kier alpha value is -2.67. The van der Waals surface area contributed by atoms with Crippen molar-refractivity contribution in [3.05, 3.63) is 82.1 Å². The molecule has 0 fully saturated rings. The van der Waals surface area contributed by atoms with Gasteiger partial charge in [-0.25, -0.2) is 4.98 Å². The zero-order chi connectivity index (χ0) is 20.4. The predicted molar refractivity (Wildman–Crippen MR) is 117 cm³/mol. The van der Waals surface area contributed by atoms with E-state index in [1.165, 1.54) is 18.4 Å². The van der Waals surface area contributed by atoms with Crippen LogP contribution in [-0.2, 0) is 6.54 Å². The molecule has 1 amide bonds. The van der Waals surface area contributed by atoms with E-state index in [-0.39, 0.29) is 12.5 Å². The number of nitrogens with zero attached hydrogens (tertiary/aromatic N) is 3. The van der Waals surface area contributed by atoms with Crippen LogP contribution in [0.1, 0.15) is 16.1 Å². The molecule has 4 rings (SSSR count). The largest absolute Gasteiger partial charge is 0.496 e. The van der Waals surface area contributed by atoms with Gasteiger partial charge in [-0.15, -0.1) is 0 Å². The van der Waals surface area contributed by atoms with Crippen molar-refractivity contribution < 1.29 is 9.53 Å². The van der Waals surface area contributed by atoms with Crippen molar-refractivity contribution in [2.24, 2.45) is 0 Å². The Kier molecular flexibility index (Phi) is 5.67. The summed E-state index contributed by atoms with van der Waals surface area (Å²) in [5, 5.41) is 1.61. The van der Waals surface area contributed by atoms with Gasteiger partial charge in [0, 0.05) is 16.2 Å². The normalized spacial score (nSPS) is 10.9. The summed E-state index contributed by atoms with van der Waals surface area (Å²) < 4.78 is 6.27. The zero-order valence-corrected chi connectivity index (χ0v) is 17.6. The van der Waals surface area contributed by atoms with Crippen LogP contribution in [0.5, 0.6) is 5.75 Å². The summed E-state index contributed by atoms with van der Waals surface area (Å²) in [4.78, 5) is 24.1. The molecule has 0 N–H and O–H groups in total. The van der Waals surface area contributed by atoms with Gasteiger partial charge in [0.1, 0.15) is 5.75 Å². The molecule has 8 heteroatoms. The van der Waals surface area contributed by atoms with Crippen LogP contribution in [0.3, 0.4) is 0 Å². The summed E-state index contributed by atoms with van der Waals surface area (Å²) in [6.07, 6.45) is 1.69. The maximum atomic E-state index is 13.5. The molecule has 0 radical (unpaired) electrons. The van der Waals surface area contributed by atoms with Gasteiger partial charge < -0.3 is 4.74 Å². The molecule has 0 unspecified atom stereocenters. The van der Waals surface area contributed by atoms with Gasteiger partial charge in [-0.3, -0.25) is 14.7 Å². The minimum atomic E-state index is -0.278. The molecule has 0 aliphatic rings. The third-order valence-corrected chi connectivity index (χ3v) is 5.76. The Morgan fingerprint density at radius 3 is 2.66 bits per heavy atom. The lowest BCUT2D eigenvalue weighted by atomic mass is 10.1. The molecule has 2 heterocycles. The van der Waals surface area contributed by atoms with Crippen molar-refractivity contribution in [1.29, 1.82) is 0 Å². The van der Waals surface area contributed by atoms with Crippen LogP contribution in [-0.4, -0.2) is 23.0 Å². The lowest BCUT2D eigenvalue weighted by Gasteiger charge is -2.21. The van der Waals surface area contributed by atoms with Gasteiger partial charge in [-0.05, 0) is 48.5 Å². The fourth-order valence-corrected chi connectivity index (χ4v) is 4.29. The van der Waals surface area contributed by atoms with Gasteiger partial charge >= 0.3 is 0 Å². The summed E-state index contributed by atoms with van der Waals surface area (Å²) >= 11 is 13.6. The van der Waals surface area contributed by atoms with Crippen LogP contribution in [0.15, 0.2) is 60.8 Å². The first-order valence-corrected chi connectivity index (χ1v) is 10.2. The highest BCUT2D eigenvalue weighted by Crippen LogP contribution is 2.34. The molecule has 0 bridgehead atoms. The molecule has 0 atom stereocenters. The fourth-order valence-electron chi connectivity index (χ4n) is 2.87. The number of benzene rings is 2. The van der Waals surface area contributed by atoms with Crippen LogP contribution < -0.4 is 9.64 Å². The quantitative estimate of drug-likeness (QED) is 0.387. The number of halogens is 2. The maximum absolute atomic E-state index is 13.5. The first-order chi connectivity index (χ1) is 14.0. The number of carbonyl (C=O) groups excluding carboxylic acids is 1. The number of amides is 1. The average Bonchev–Trinajstić information content (AvgIpc) is 3.15. The van der Waals surface area contributed by atoms with E-state index in [9.17, 15) is 4.79 Å². The summed E-state index contributed by atoms with van der Waals surface area (Å²) in [5.74, 6) is 0.162. The summed E-state index contributed by atoms with van der Waals surface area (Å²) in [5.41, 5.74) is 1.86. The van der Waals surface area contributed by atoms with E-state index in [0.29, 0.717) is 26.5 Å². The SMILES string of the molecule is COc1ccc(Cl)cc1C(=O)N(Cc1ccccn1)c1nc2ccc(Cl)cc2s1. The van der Waals surface area contributed by atoms with Gasteiger partial charge in [0.15, 0.2) is 5.13 Å². The van der Waals surface area contributed by atoms with E-state index < -0.39 is 0 Å². The van der Waals surface area contributed by atoms with Crippen molar-refractivity contribution >= 4 is 55.8 Å². The number of methoxy groups -OCH3 is 1. The molecule has 0 saturated carbocycles. The third kappa shape index (κ3) is 4.19. The second-order valence-electron chi connectivity index (χ2n) is 6.17. The molecular weight excluding hydrogens is 429 g/mol. The number of aromatic nitrogens is 2. The number of carbonyl (C=O) groups is 1. The van der Waals surface area contributed by atoms with E-state index in [4.69, 9.17) is 27.9 Å². The summed E-state index contributed by atoms with van der Waals surface area (Å²) in [6.45, 7) is 0.253. The molecule has 5 nitrogen and oxygen atoms in total. The standard InChI is InChI=1S/C21H15Cl2N3O2S/c1-28-18-8-6-13(22)10-16(18)20(27)26(12-15-4-2-3-9-24-15)21-25-17-7-5-14(23)11-19(17)29-21/h2-11H,12H2,1H3. The van der Waals surface area contributed by atoms with E-state index in [2.05, 4.69) is 9.97 Å². The highest BCUT2D eigenvalue weighted by molar-refractivity contribution is 7.22. The first kappa shape index (κ1) is 19.6. The molecule has 29 heavy (non-hydrogen) atoms. The molecule has 4 aromatic rings. The fraction of sp³-hybridized carbons (Fsp3) is 0.0952. The monoisotopic (exact) mass is 443 g/mol. The molecule has 2 aromatic heterocycles. The number of pyridine rings is 1. The van der Waals surface area contributed by atoms with Crippen LogP contribution >= 0.6 is 34.5 Å². The van der Waals surface area contributed by atoms with Crippen molar-refractivity contribution in [2.45, 2.75) is 6.54 Å². The molecule has 0 aliphatic heterocycles. The minimum absolute atomic E-state index is 0.253. The number of ether oxygens (including phenoxy) is 1. The molecule has 0 saturated heterocycles. The smallest absolute Gasteiger partial charge is 0.264 e. The second-order valence-corrected chi connectivity index (χ2v) is 8.05. The van der Waals surface area contributed by atoms with Gasteiger partial charge in [-0.1, -0.05) is 40.6 Å². The Morgan fingerprint density at radius 1 is 1.10 bits per heavy atom. The summed E-state index contributed by atoms with van der Waals surface area (Å²) in [6, 6.07) is 16.0. The van der Waals surface area contributed by atoms with Gasteiger partial charge in [0.25, 0.3) is 5.91 Å². The zero-order valence-electron chi connectivity index (χ0n) is 15.3. The number of hydrogen-bond acceptors (Lipinski definition) is 5. The number of anilines is 1. The molecule has 0 spiro atoms. The van der Waals surface area contributed by atoms with Crippen molar-refractivity contribution in [1.82, 2.24) is 9.97 Å². The average molecular weight is 444 g/mol. The van der Waals surface area contributed by atoms with Crippen molar-refractivity contribution in [2.75, 3.05) is 12.0 Å². The Balaban J connectivity index is 1.81. The number of thiazole rings is 1. The second kappa shape index (κ2) is 8.37. The van der Waals surface area contributed by atoms with Crippen LogP contribution in [0.2, 0.25) is 10.0 Å². The maximum Gasteiger partial charge on any atom is 0.264 e. The van der Waals surface area contributed by atoms with Crippen LogP contribution in [0.4, 0.5) is 5.13 Å². The predicted octanol–water partition coefficient (Wildman–Crippen LogP) is 5.85. The lowest BCUT2D eigenvalue weighted by Crippen LogP contribution is -2.31. The molecule has 2 aromatic carbocycles. The number of hydrogen-bond donors (Lipinski definition) is 0. The first-order valence-electron chi connectivity index (χ1n) is 8.66. The van der Waals surface area contributed by atoms with Crippen LogP contribution in [0.25, 0.3) is 10.2 Å². The third-order valence-electron chi connectivity index (χ3n) is 4.25. The van der Waals surface area contributed by atoms with Gasteiger partial charge in [-0.2, -0.15) is 0 Å². The number of rotatable bonds is 5. The van der Waals surface area contributed by atoms with E-state index >= 15 is 0 Å². The Labute approximate surface area is 181 Å². The lowest BCUT2D eigenvalue weighted by molar-refractivity contribution is 0.0982. The highest BCUT2D eigenvalue weighted by Gasteiger charge is 2.25. The van der Waals surface area contributed by atoms with E-state index in [0.717, 1.165) is 15.9 Å². The van der Waals surface area contributed by atoms with Crippen molar-refractivity contribution in [3.63, 3.8) is 0 Å². The minimum Gasteiger partial charge on any atom is -0.496 e. The molecule has 146 valence electrons. The molecule has 0 aliphatic carbocycles. The molecular formula is C21H15Cl2N3O2S. The van der Waals surface area contributed by atoms with Gasteiger partial charge in [0.2, 0.25) is 0 Å². The number of fused-ring (bicyclic) bond motifs is 1. The van der Waals surface area contributed by atoms with Crippen molar-refractivity contribution in [3.8, 4) is 5.75 Å². The Morgan fingerprint density at radius 2 is 1.90 bits per heavy atom. The van der Waals surface area contributed by atoms with E-state index in [1.807, 2.05) is 30.3 Å². The summed E-state index contributed by atoms with van der Waals surface area (Å²) in [7, 11) is 1.52. The van der Waals surface area contributed by atoms with E-state index in [1.54, 1.807) is 35.4 Å². The van der Waals surface area contributed by atoms with Gasteiger partial charge in [0.05, 0.1) is 35.1 Å². The van der Waals surface area contributed by atoms with Crippen LogP contribution in [0, 0.1) is 0 Å². The highest BCUT2D eigenvalue weighted by atomic mass is 35.5. The topological polar surface area (TPSA) is 55.3 Å². The Bertz CT molecular complexity index is 1180.